The number of guanidine groups is 1. The van der Waals surface area contributed by atoms with Crippen molar-refractivity contribution in [3.05, 3.63) is 59.7 Å². The summed E-state index contributed by atoms with van der Waals surface area (Å²) in [4.78, 5) is 6.93. The van der Waals surface area contributed by atoms with E-state index in [1.165, 1.54) is 5.56 Å². The van der Waals surface area contributed by atoms with Crippen molar-refractivity contribution in [2.75, 3.05) is 40.9 Å². The third-order valence-electron chi connectivity index (χ3n) is 5.58. The maximum absolute atomic E-state index is 5.47. The Morgan fingerprint density at radius 1 is 1.06 bits per heavy atom. The van der Waals surface area contributed by atoms with Crippen LogP contribution in [0, 0.1) is 0 Å². The zero-order valence-corrected chi connectivity index (χ0v) is 21.1. The molecule has 6 nitrogen and oxygen atoms in total. The Balaban J connectivity index is 0.00000341. The molecule has 0 aliphatic carbocycles. The Labute approximate surface area is 203 Å². The molecule has 0 radical (unpaired) electrons. The van der Waals surface area contributed by atoms with Crippen molar-refractivity contribution in [2.24, 2.45) is 4.99 Å². The van der Waals surface area contributed by atoms with Gasteiger partial charge < -0.3 is 20.1 Å². The zero-order valence-electron chi connectivity index (χ0n) is 18.8. The van der Waals surface area contributed by atoms with Crippen LogP contribution in [0.1, 0.15) is 24.0 Å². The third-order valence-corrected chi connectivity index (χ3v) is 5.58. The van der Waals surface area contributed by atoms with E-state index in [9.17, 15) is 0 Å². The quantitative estimate of drug-likeness (QED) is 0.305. The molecule has 2 aromatic carbocycles. The summed E-state index contributed by atoms with van der Waals surface area (Å²) >= 11 is 0. The normalized spacial score (nSPS) is 15.1. The van der Waals surface area contributed by atoms with Gasteiger partial charge in [-0.1, -0.05) is 30.3 Å². The maximum atomic E-state index is 5.47. The van der Waals surface area contributed by atoms with Crippen LogP contribution in [0.15, 0.2) is 53.5 Å². The van der Waals surface area contributed by atoms with Crippen LogP contribution in [0.5, 0.6) is 11.5 Å². The van der Waals surface area contributed by atoms with Crippen LogP contribution in [0.4, 0.5) is 0 Å². The lowest BCUT2D eigenvalue weighted by Gasteiger charge is -2.33. The fourth-order valence-corrected chi connectivity index (χ4v) is 3.86. The lowest BCUT2D eigenvalue weighted by molar-refractivity contribution is 0.198. The second kappa shape index (κ2) is 13.4. The molecular formula is C24H35IN4O2. The van der Waals surface area contributed by atoms with Crippen LogP contribution in [-0.4, -0.2) is 57.8 Å². The number of halogens is 1. The first-order valence-corrected chi connectivity index (χ1v) is 10.7. The number of likely N-dealkylation sites (tertiary alicyclic amines) is 1. The van der Waals surface area contributed by atoms with Gasteiger partial charge in [0.25, 0.3) is 0 Å². The van der Waals surface area contributed by atoms with Gasteiger partial charge >= 0.3 is 0 Å². The Bertz CT molecular complexity index is 808. The molecule has 0 atom stereocenters. The summed E-state index contributed by atoms with van der Waals surface area (Å²) in [6.07, 6.45) is 3.07. The van der Waals surface area contributed by atoms with E-state index in [1.54, 1.807) is 14.2 Å². The molecule has 0 saturated carbocycles. The summed E-state index contributed by atoms with van der Waals surface area (Å²) in [5.74, 6) is 2.58. The van der Waals surface area contributed by atoms with Crippen LogP contribution in [0.2, 0.25) is 0 Å². The van der Waals surface area contributed by atoms with E-state index < -0.39 is 0 Å². The van der Waals surface area contributed by atoms with Gasteiger partial charge in [-0.15, -0.1) is 24.0 Å². The first kappa shape index (κ1) is 25.3. The van der Waals surface area contributed by atoms with Gasteiger partial charge in [0.1, 0.15) is 11.5 Å². The van der Waals surface area contributed by atoms with Gasteiger partial charge in [-0.25, -0.2) is 0 Å². The van der Waals surface area contributed by atoms with Crippen LogP contribution in [0.3, 0.4) is 0 Å². The van der Waals surface area contributed by atoms with Crippen LogP contribution in [0.25, 0.3) is 0 Å². The van der Waals surface area contributed by atoms with E-state index in [1.807, 2.05) is 25.2 Å². The van der Waals surface area contributed by atoms with Crippen molar-refractivity contribution >= 4 is 29.9 Å². The fraction of sp³-hybridized carbons (Fsp3) is 0.458. The van der Waals surface area contributed by atoms with Crippen molar-refractivity contribution in [3.63, 3.8) is 0 Å². The van der Waals surface area contributed by atoms with Gasteiger partial charge in [-0.05, 0) is 48.6 Å². The molecule has 31 heavy (non-hydrogen) atoms. The number of nitrogens with zero attached hydrogens (tertiary/aromatic N) is 2. The number of benzene rings is 2. The van der Waals surface area contributed by atoms with E-state index in [-0.39, 0.29) is 24.0 Å². The summed E-state index contributed by atoms with van der Waals surface area (Å²) in [5.41, 5.74) is 2.50. The van der Waals surface area contributed by atoms with Gasteiger partial charge in [0.15, 0.2) is 5.96 Å². The van der Waals surface area contributed by atoms with Gasteiger partial charge in [0, 0.05) is 39.3 Å². The van der Waals surface area contributed by atoms with E-state index in [0.29, 0.717) is 6.04 Å². The number of hydrogen-bond donors (Lipinski definition) is 2. The lowest BCUT2D eigenvalue weighted by Crippen LogP contribution is -2.48. The molecular weight excluding hydrogens is 503 g/mol. The monoisotopic (exact) mass is 538 g/mol. The topological polar surface area (TPSA) is 58.1 Å². The number of nitrogens with one attached hydrogen (secondary N) is 2. The Hall–Kier alpha value is -2.00. The Morgan fingerprint density at radius 3 is 2.45 bits per heavy atom. The van der Waals surface area contributed by atoms with Crippen molar-refractivity contribution in [1.29, 1.82) is 0 Å². The first-order valence-electron chi connectivity index (χ1n) is 10.7. The Morgan fingerprint density at radius 2 is 1.81 bits per heavy atom. The van der Waals surface area contributed by atoms with Crippen LogP contribution in [-0.2, 0) is 13.0 Å². The van der Waals surface area contributed by atoms with Crippen molar-refractivity contribution in [1.82, 2.24) is 15.5 Å². The molecule has 0 unspecified atom stereocenters. The molecule has 0 spiro atoms. The predicted molar refractivity (Wildman–Crippen MR) is 138 cm³/mol. The minimum Gasteiger partial charge on any atom is -0.497 e. The van der Waals surface area contributed by atoms with Gasteiger partial charge in [0.05, 0.1) is 14.2 Å². The number of methoxy groups -OCH3 is 2. The minimum absolute atomic E-state index is 0. The van der Waals surface area contributed by atoms with Crippen LogP contribution < -0.4 is 20.1 Å². The predicted octanol–water partition coefficient (Wildman–Crippen LogP) is 3.69. The molecule has 2 aromatic rings. The third kappa shape index (κ3) is 7.88. The SMILES string of the molecule is CN=C(NCCc1cc(OC)ccc1OC)NC1CCN(Cc2ccccc2)CC1.I. The Kier molecular flexibility index (Phi) is 10.9. The molecule has 0 bridgehead atoms. The van der Waals surface area contributed by atoms with Gasteiger partial charge in [-0.3, -0.25) is 9.89 Å². The average Bonchev–Trinajstić information content (AvgIpc) is 2.80. The molecule has 1 heterocycles. The summed E-state index contributed by atoms with van der Waals surface area (Å²) in [6, 6.07) is 17.0. The smallest absolute Gasteiger partial charge is 0.191 e. The molecule has 0 amide bonds. The number of aliphatic imine (C=N–C) groups is 1. The number of piperidine rings is 1. The standard InChI is InChI=1S/C24H34N4O2.HI/c1-25-24(26-14-11-20-17-22(29-2)9-10-23(20)30-3)27-21-12-15-28(16-13-21)18-19-7-5-4-6-8-19;/h4-10,17,21H,11-16,18H2,1-3H3,(H2,25,26,27);1H. The lowest BCUT2D eigenvalue weighted by atomic mass is 10.0. The highest BCUT2D eigenvalue weighted by molar-refractivity contribution is 14.0. The van der Waals surface area contributed by atoms with Gasteiger partial charge in [0.2, 0.25) is 0 Å². The van der Waals surface area contributed by atoms with Crippen molar-refractivity contribution < 1.29 is 9.47 Å². The molecule has 1 saturated heterocycles. The summed E-state index contributed by atoms with van der Waals surface area (Å²) < 4.78 is 10.8. The number of rotatable bonds is 8. The molecule has 170 valence electrons. The van der Waals surface area contributed by atoms with E-state index in [4.69, 9.17) is 9.47 Å². The highest BCUT2D eigenvalue weighted by Gasteiger charge is 2.20. The largest absolute Gasteiger partial charge is 0.497 e. The molecule has 1 fully saturated rings. The van der Waals surface area contributed by atoms with E-state index in [2.05, 4.69) is 50.9 Å². The van der Waals surface area contributed by atoms with Crippen molar-refractivity contribution in [3.8, 4) is 11.5 Å². The summed E-state index contributed by atoms with van der Waals surface area (Å²) in [5, 5.41) is 7.02. The first-order chi connectivity index (χ1) is 14.7. The average molecular weight is 538 g/mol. The molecule has 0 aromatic heterocycles. The maximum Gasteiger partial charge on any atom is 0.191 e. The van der Waals surface area contributed by atoms with E-state index >= 15 is 0 Å². The fourth-order valence-electron chi connectivity index (χ4n) is 3.86. The minimum atomic E-state index is 0. The second-order valence-corrected chi connectivity index (χ2v) is 7.61. The van der Waals surface area contributed by atoms with Gasteiger partial charge in [-0.2, -0.15) is 0 Å². The summed E-state index contributed by atoms with van der Waals surface area (Å²) in [7, 11) is 5.20. The second-order valence-electron chi connectivity index (χ2n) is 7.61. The summed E-state index contributed by atoms with van der Waals surface area (Å²) in [6.45, 7) is 4.01. The molecule has 1 aliphatic heterocycles. The van der Waals surface area contributed by atoms with E-state index in [0.717, 1.165) is 68.5 Å². The van der Waals surface area contributed by atoms with Crippen molar-refractivity contribution in [2.45, 2.75) is 31.8 Å². The highest BCUT2D eigenvalue weighted by Crippen LogP contribution is 2.24. The van der Waals surface area contributed by atoms with Crippen LogP contribution >= 0.6 is 24.0 Å². The molecule has 2 N–H and O–H groups in total. The number of ether oxygens (including phenoxy) is 2. The number of hydrogen-bond acceptors (Lipinski definition) is 4. The zero-order chi connectivity index (χ0) is 21.2. The highest BCUT2D eigenvalue weighted by atomic mass is 127. The molecule has 3 rings (SSSR count). The molecule has 1 aliphatic rings. The molecule has 7 heteroatoms.